The summed E-state index contributed by atoms with van der Waals surface area (Å²) in [5, 5.41) is 39.1. The Bertz CT molecular complexity index is 1920. The van der Waals surface area contributed by atoms with Crippen molar-refractivity contribution in [3.63, 3.8) is 0 Å². The SMILES string of the molecule is CC[C@H](C)[C@@H]1NC(=O)[C@H](Cc2ccc(O)cc2)NC(=O)CCCONC[C@@H](C(=O)NCCCCCC(=O)N[C@@H](CO)C(=O)NCC(N)=O)NC(=O)[C@H](CC(N)=O)NC(=O)[C@H](CCC(N)=O)NC1=O. The highest BCUT2D eigenvalue weighted by Gasteiger charge is 2.35. The van der Waals surface area contributed by atoms with E-state index in [1.807, 2.05) is 0 Å². The maximum absolute atomic E-state index is 14.0. The summed E-state index contributed by atoms with van der Waals surface area (Å²) in [6.07, 6.45) is -0.323. The van der Waals surface area contributed by atoms with Crippen LogP contribution in [0.4, 0.5) is 0 Å². The molecule has 1 aliphatic rings. The molecule has 0 unspecified atom stereocenters. The molecule has 2 rings (SSSR count). The van der Waals surface area contributed by atoms with Gasteiger partial charge < -0.3 is 74.8 Å². The van der Waals surface area contributed by atoms with Crippen molar-refractivity contribution in [3.8, 4) is 5.75 Å². The summed E-state index contributed by atoms with van der Waals surface area (Å²) in [6, 6.07) is -2.62. The fourth-order valence-corrected chi connectivity index (χ4v) is 6.48. The molecular formula is C42H66N12O14. The molecule has 68 heavy (non-hydrogen) atoms. The van der Waals surface area contributed by atoms with Crippen molar-refractivity contribution < 1.29 is 67.8 Å². The summed E-state index contributed by atoms with van der Waals surface area (Å²) < 4.78 is 0. The molecule has 0 radical (unpaired) electrons. The molecular weight excluding hydrogens is 897 g/mol. The van der Waals surface area contributed by atoms with Crippen LogP contribution in [0.2, 0.25) is 0 Å². The van der Waals surface area contributed by atoms with Crippen molar-refractivity contribution >= 4 is 65.0 Å². The average molecular weight is 963 g/mol. The van der Waals surface area contributed by atoms with Gasteiger partial charge in [0, 0.05) is 32.2 Å². The van der Waals surface area contributed by atoms with Crippen LogP contribution in [0.15, 0.2) is 24.3 Å². The van der Waals surface area contributed by atoms with Gasteiger partial charge in [-0.2, -0.15) is 5.48 Å². The Labute approximate surface area is 392 Å². The van der Waals surface area contributed by atoms with Crippen LogP contribution < -0.4 is 65.2 Å². The van der Waals surface area contributed by atoms with Crippen molar-refractivity contribution in [3.05, 3.63) is 29.8 Å². The second-order valence-corrected chi connectivity index (χ2v) is 16.1. The smallest absolute Gasteiger partial charge is 0.245 e. The fraction of sp³-hybridized carbons (Fsp3) is 0.595. The Morgan fingerprint density at radius 3 is 2.07 bits per heavy atom. The Kier molecular flexibility index (Phi) is 25.5. The number of nitrogens with one attached hydrogen (secondary N) is 9. The number of rotatable bonds is 21. The van der Waals surface area contributed by atoms with Crippen molar-refractivity contribution in [2.45, 2.75) is 121 Å². The molecule has 26 nitrogen and oxygen atoms in total. The third-order valence-corrected chi connectivity index (χ3v) is 10.5. The standard InChI is InChI=1S/C42H66N12O14/c1-3-23(2)36-42(67)51-26(14-15-31(43)57)39(64)52-28(19-32(44)58)40(65)53-29(37(62)46-16-6-4-5-8-34(60)50-30(22-55)38(63)47-21-33(45)59)20-48-68-17-7-9-35(61)49-27(41(66)54-36)18-24-10-12-25(56)13-11-24/h10-13,23,26-30,36,48,55-56H,3-9,14-22H2,1-2H3,(H2,43,57)(H2,44,58)(H2,45,59)(H,46,62)(H,47,63)(H,49,61)(H,50,60)(H,51,67)(H,52,64)(H,53,65)(H,54,66)/t23-,26-,27-,28-,29-,30-,36-/m0/s1. The van der Waals surface area contributed by atoms with Gasteiger partial charge in [-0.15, -0.1) is 0 Å². The molecule has 7 atom stereocenters. The van der Waals surface area contributed by atoms with E-state index in [9.17, 15) is 63.0 Å². The van der Waals surface area contributed by atoms with Gasteiger partial charge in [0.1, 0.15) is 42.0 Å². The molecule has 0 spiro atoms. The third kappa shape index (κ3) is 22.0. The molecule has 1 heterocycles. The van der Waals surface area contributed by atoms with E-state index in [0.29, 0.717) is 31.2 Å². The predicted molar refractivity (Wildman–Crippen MR) is 239 cm³/mol. The first-order valence-corrected chi connectivity index (χ1v) is 22.2. The van der Waals surface area contributed by atoms with Crippen LogP contribution in [-0.4, -0.2) is 144 Å². The number of phenolic OH excluding ortho intramolecular Hbond substituents is 1. The number of aromatic hydroxyl groups is 1. The number of aliphatic hydroxyl groups is 1. The number of benzene rings is 1. The quantitative estimate of drug-likeness (QED) is 0.0512. The molecule has 1 fully saturated rings. The predicted octanol–water partition coefficient (Wildman–Crippen LogP) is -5.38. The minimum atomic E-state index is -1.72. The summed E-state index contributed by atoms with van der Waals surface area (Å²) in [7, 11) is 0. The topological polar surface area (TPSA) is 424 Å². The van der Waals surface area contributed by atoms with E-state index in [0.717, 1.165) is 0 Å². The van der Waals surface area contributed by atoms with E-state index >= 15 is 0 Å². The Morgan fingerprint density at radius 2 is 1.44 bits per heavy atom. The van der Waals surface area contributed by atoms with E-state index in [2.05, 4.69) is 48.0 Å². The number of carbonyl (C=O) groups is 11. The van der Waals surface area contributed by atoms with Gasteiger partial charge >= 0.3 is 0 Å². The maximum atomic E-state index is 14.0. The second kappa shape index (κ2) is 30.4. The van der Waals surface area contributed by atoms with Crippen molar-refractivity contribution in [2.75, 3.05) is 32.8 Å². The number of primary amides is 3. The highest BCUT2D eigenvalue weighted by Crippen LogP contribution is 2.14. The van der Waals surface area contributed by atoms with E-state index < -0.39 is 133 Å². The monoisotopic (exact) mass is 962 g/mol. The lowest BCUT2D eigenvalue weighted by atomic mass is 9.96. The zero-order valence-corrected chi connectivity index (χ0v) is 38.2. The number of amides is 11. The first-order chi connectivity index (χ1) is 32.2. The second-order valence-electron chi connectivity index (χ2n) is 16.1. The van der Waals surface area contributed by atoms with Crippen LogP contribution in [0.25, 0.3) is 0 Å². The number of nitrogens with two attached hydrogens (primary N) is 3. The number of phenols is 1. The van der Waals surface area contributed by atoms with Gasteiger partial charge in [-0.3, -0.25) is 52.7 Å². The van der Waals surface area contributed by atoms with Gasteiger partial charge in [0.05, 0.1) is 32.7 Å². The van der Waals surface area contributed by atoms with E-state index in [-0.39, 0.29) is 57.6 Å². The minimum absolute atomic E-state index is 0.0305. The summed E-state index contributed by atoms with van der Waals surface area (Å²) in [5.41, 5.74) is 18.9. The Hall–Kier alpha value is -6.93. The molecule has 0 aromatic heterocycles. The zero-order chi connectivity index (χ0) is 50.8. The van der Waals surface area contributed by atoms with Gasteiger partial charge in [0.2, 0.25) is 65.0 Å². The number of hydroxylamine groups is 1. The number of hydrogen-bond acceptors (Lipinski definition) is 15. The van der Waals surface area contributed by atoms with Gasteiger partial charge in [-0.1, -0.05) is 38.8 Å². The fourth-order valence-electron chi connectivity index (χ4n) is 6.48. The van der Waals surface area contributed by atoms with Crippen molar-refractivity contribution in [2.24, 2.45) is 23.1 Å². The highest BCUT2D eigenvalue weighted by atomic mass is 16.6. The van der Waals surface area contributed by atoms with Crippen LogP contribution in [0.3, 0.4) is 0 Å². The van der Waals surface area contributed by atoms with Gasteiger partial charge in [0.15, 0.2) is 0 Å². The van der Waals surface area contributed by atoms with Crippen LogP contribution in [0.5, 0.6) is 5.75 Å². The number of unbranched alkanes of at least 4 members (excludes halogenated alkanes) is 2. The molecule has 0 saturated carbocycles. The van der Waals surface area contributed by atoms with Crippen molar-refractivity contribution in [1.82, 2.24) is 48.0 Å². The number of hydrogen-bond donors (Lipinski definition) is 14. The first-order valence-electron chi connectivity index (χ1n) is 22.2. The number of aliphatic hydroxyl groups excluding tert-OH is 1. The highest BCUT2D eigenvalue weighted by molar-refractivity contribution is 5.98. The molecule has 17 N–H and O–H groups in total. The third-order valence-electron chi connectivity index (χ3n) is 10.5. The van der Waals surface area contributed by atoms with Crippen molar-refractivity contribution in [1.29, 1.82) is 0 Å². The molecule has 0 aliphatic carbocycles. The molecule has 1 saturated heterocycles. The van der Waals surface area contributed by atoms with E-state index in [4.69, 9.17) is 22.0 Å². The Balaban J connectivity index is 2.32. The maximum Gasteiger partial charge on any atom is 0.245 e. The molecule has 1 aliphatic heterocycles. The van der Waals surface area contributed by atoms with Crippen LogP contribution in [0, 0.1) is 5.92 Å². The molecule has 378 valence electrons. The van der Waals surface area contributed by atoms with Gasteiger partial charge in [-0.05, 0) is 49.3 Å². The van der Waals surface area contributed by atoms with Crippen LogP contribution in [0.1, 0.15) is 83.6 Å². The lowest BCUT2D eigenvalue weighted by molar-refractivity contribution is -0.136. The van der Waals surface area contributed by atoms with E-state index in [1.54, 1.807) is 26.0 Å². The van der Waals surface area contributed by atoms with Crippen LogP contribution >= 0.6 is 0 Å². The first kappa shape index (κ1) is 57.2. The Morgan fingerprint density at radius 1 is 0.779 bits per heavy atom. The van der Waals surface area contributed by atoms with Gasteiger partial charge in [0.25, 0.3) is 0 Å². The molecule has 11 amide bonds. The zero-order valence-electron chi connectivity index (χ0n) is 38.2. The molecule has 0 bridgehead atoms. The summed E-state index contributed by atoms with van der Waals surface area (Å²) in [5.74, 6) is -9.67. The molecule has 26 heteroatoms. The minimum Gasteiger partial charge on any atom is -0.508 e. The normalized spacial score (nSPS) is 21.1. The average Bonchev–Trinajstić information content (AvgIpc) is 3.28. The lowest BCUT2D eigenvalue weighted by Gasteiger charge is -2.29. The van der Waals surface area contributed by atoms with E-state index in [1.165, 1.54) is 12.1 Å². The largest absolute Gasteiger partial charge is 0.508 e. The summed E-state index contributed by atoms with van der Waals surface area (Å²) >= 11 is 0. The lowest BCUT2D eigenvalue weighted by Crippen LogP contribution is -2.61. The van der Waals surface area contributed by atoms with Gasteiger partial charge in [-0.25, -0.2) is 0 Å². The van der Waals surface area contributed by atoms with Crippen LogP contribution in [-0.2, 0) is 64.0 Å². The summed E-state index contributed by atoms with van der Waals surface area (Å²) in [6.45, 7) is 1.75. The number of carbonyl (C=O) groups excluding carboxylic acids is 11. The summed E-state index contributed by atoms with van der Waals surface area (Å²) in [4.78, 5) is 147. The molecule has 1 aromatic rings. The molecule has 1 aromatic carbocycles.